The summed E-state index contributed by atoms with van der Waals surface area (Å²) >= 11 is 0. The number of hydrogen-bond acceptors (Lipinski definition) is 5. The molecule has 1 aliphatic heterocycles. The highest BCUT2D eigenvalue weighted by molar-refractivity contribution is 6.13. The third kappa shape index (κ3) is 6.02. The number of carbonyl (C=O) groups excluding carboxylic acids is 2. The van der Waals surface area contributed by atoms with Crippen LogP contribution in [0.25, 0.3) is 22.4 Å². The van der Waals surface area contributed by atoms with Gasteiger partial charge in [0.15, 0.2) is 0 Å². The Morgan fingerprint density at radius 3 is 2.49 bits per heavy atom. The number of amides is 1. The summed E-state index contributed by atoms with van der Waals surface area (Å²) in [5.41, 5.74) is 0.996. The predicted octanol–water partition coefficient (Wildman–Crippen LogP) is 6.50. The standard InChI is InChI=1S/C33H33FN2O5/c1-20(2)31-30(33(40)35-26-10-6-7-11-27(26)38)29(21-8-4-3-5-9-21)32(22-12-14-23(34)15-13-22)36(31)17-16-25-18-24(37)19-28(39)41-25/h3-15,20,24-25,37-38H,16-19H2,1-2H3,(H,35,40)/i3D,4D,5D,8D,9D. The van der Waals surface area contributed by atoms with Gasteiger partial charge in [-0.2, -0.15) is 0 Å². The average Bonchev–Trinajstić information content (AvgIpc) is 3.34. The minimum atomic E-state index is -0.876. The molecule has 0 radical (unpaired) electrons. The Kier molecular flexibility index (Phi) is 6.51. The zero-order valence-electron chi connectivity index (χ0n) is 27.6. The van der Waals surface area contributed by atoms with Crippen LogP contribution in [-0.2, 0) is 16.1 Å². The number of aromatic nitrogens is 1. The second kappa shape index (κ2) is 12.0. The van der Waals surface area contributed by atoms with Crippen LogP contribution in [0.4, 0.5) is 10.1 Å². The molecule has 2 heterocycles. The molecule has 2 unspecified atom stereocenters. The topological polar surface area (TPSA) is 101 Å². The van der Waals surface area contributed by atoms with Gasteiger partial charge in [0.2, 0.25) is 0 Å². The van der Waals surface area contributed by atoms with Gasteiger partial charge < -0.3 is 24.8 Å². The number of halogens is 1. The average molecular weight is 562 g/mol. The van der Waals surface area contributed by atoms with Crippen molar-refractivity contribution in [3.63, 3.8) is 0 Å². The lowest BCUT2D eigenvalue weighted by Gasteiger charge is -2.27. The number of esters is 1. The summed E-state index contributed by atoms with van der Waals surface area (Å²) < 4.78 is 64.1. The maximum Gasteiger partial charge on any atom is 0.308 e. The molecule has 5 rings (SSSR count). The molecule has 1 aliphatic rings. The van der Waals surface area contributed by atoms with Gasteiger partial charge in [-0.3, -0.25) is 9.59 Å². The largest absolute Gasteiger partial charge is 0.506 e. The lowest BCUT2D eigenvalue weighted by atomic mass is 9.94. The maximum absolute atomic E-state index is 14.3. The third-order valence-corrected chi connectivity index (χ3v) is 7.01. The molecule has 4 aromatic rings. The smallest absolute Gasteiger partial charge is 0.308 e. The van der Waals surface area contributed by atoms with E-state index in [-0.39, 0.29) is 65.5 Å². The van der Waals surface area contributed by atoms with Crippen LogP contribution in [0.3, 0.4) is 0 Å². The van der Waals surface area contributed by atoms with Crippen LogP contribution in [0.5, 0.6) is 5.75 Å². The van der Waals surface area contributed by atoms with Crippen molar-refractivity contribution in [2.24, 2.45) is 0 Å². The number of anilines is 1. The van der Waals surface area contributed by atoms with Gasteiger partial charge >= 0.3 is 5.97 Å². The molecule has 1 saturated heterocycles. The fourth-order valence-corrected chi connectivity index (χ4v) is 5.30. The van der Waals surface area contributed by atoms with Crippen LogP contribution < -0.4 is 5.32 Å². The number of carbonyl (C=O) groups is 2. The van der Waals surface area contributed by atoms with Crippen LogP contribution in [0.1, 0.15) is 61.9 Å². The monoisotopic (exact) mass is 561 g/mol. The molecule has 1 aromatic heterocycles. The van der Waals surface area contributed by atoms with Gasteiger partial charge in [0.1, 0.15) is 17.7 Å². The lowest BCUT2D eigenvalue weighted by molar-refractivity contribution is -0.160. The molecular weight excluding hydrogens is 523 g/mol. The number of benzene rings is 3. The summed E-state index contributed by atoms with van der Waals surface area (Å²) in [6.45, 7) is 3.78. The first-order chi connectivity index (χ1) is 21.8. The number of aliphatic hydroxyl groups excluding tert-OH is 1. The number of aliphatic hydroxyl groups is 1. The second-order valence-electron chi connectivity index (χ2n) is 10.3. The maximum atomic E-state index is 14.3. The first-order valence-electron chi connectivity index (χ1n) is 15.9. The number of nitrogens with zero attached hydrogens (tertiary/aromatic N) is 1. The van der Waals surface area contributed by atoms with Gasteiger partial charge in [0.05, 0.1) is 36.3 Å². The van der Waals surface area contributed by atoms with E-state index in [1.807, 2.05) is 13.8 Å². The molecular formula is C33H33FN2O5. The number of nitrogens with one attached hydrogen (secondary N) is 1. The minimum absolute atomic E-state index is 0.00298. The highest BCUT2D eigenvalue weighted by Gasteiger charge is 2.32. The van der Waals surface area contributed by atoms with Crippen molar-refractivity contribution in [1.82, 2.24) is 4.57 Å². The van der Waals surface area contributed by atoms with Crippen LogP contribution in [-0.4, -0.2) is 38.9 Å². The van der Waals surface area contributed by atoms with Crippen LogP contribution >= 0.6 is 0 Å². The number of ether oxygens (including phenoxy) is 1. The van der Waals surface area contributed by atoms with Gasteiger partial charge in [0, 0.05) is 30.6 Å². The van der Waals surface area contributed by atoms with E-state index in [0.29, 0.717) is 11.3 Å². The molecule has 212 valence electrons. The first kappa shape index (κ1) is 22.3. The number of para-hydroxylation sites is 2. The second-order valence-corrected chi connectivity index (χ2v) is 10.3. The minimum Gasteiger partial charge on any atom is -0.506 e. The van der Waals surface area contributed by atoms with Gasteiger partial charge in [-0.05, 0) is 53.4 Å². The van der Waals surface area contributed by atoms with Crippen LogP contribution in [0.2, 0.25) is 0 Å². The zero-order chi connectivity index (χ0) is 33.4. The van der Waals surface area contributed by atoms with Crippen molar-refractivity contribution in [2.45, 2.75) is 57.8 Å². The highest BCUT2D eigenvalue weighted by atomic mass is 19.1. The molecule has 1 fully saturated rings. The Bertz CT molecular complexity index is 1800. The fraction of sp³-hybridized carbons (Fsp3) is 0.273. The molecule has 0 aliphatic carbocycles. The number of aromatic hydroxyl groups is 1. The summed E-state index contributed by atoms with van der Waals surface area (Å²) in [6, 6.07) is 8.57. The van der Waals surface area contributed by atoms with Crippen molar-refractivity contribution in [3.8, 4) is 28.1 Å². The normalized spacial score (nSPS) is 18.7. The Morgan fingerprint density at radius 1 is 1.12 bits per heavy atom. The molecule has 7 nitrogen and oxygen atoms in total. The van der Waals surface area contributed by atoms with Crippen molar-refractivity contribution in [3.05, 3.63) is 95.8 Å². The van der Waals surface area contributed by atoms with Gasteiger partial charge in [0.25, 0.3) is 5.91 Å². The summed E-state index contributed by atoms with van der Waals surface area (Å²) in [4.78, 5) is 26.4. The van der Waals surface area contributed by atoms with E-state index >= 15 is 0 Å². The lowest BCUT2D eigenvalue weighted by Crippen LogP contribution is -2.33. The molecule has 0 spiro atoms. The van der Waals surface area contributed by atoms with Gasteiger partial charge in [-0.25, -0.2) is 4.39 Å². The molecule has 2 atom stereocenters. The van der Waals surface area contributed by atoms with Gasteiger partial charge in [-0.1, -0.05) is 56.2 Å². The summed E-state index contributed by atoms with van der Waals surface area (Å²) in [5, 5.41) is 23.4. The third-order valence-electron chi connectivity index (χ3n) is 7.01. The van der Waals surface area contributed by atoms with Crippen molar-refractivity contribution in [1.29, 1.82) is 0 Å². The first-order valence-corrected chi connectivity index (χ1v) is 13.4. The van der Waals surface area contributed by atoms with E-state index in [1.54, 1.807) is 16.7 Å². The number of phenolic OH excluding ortho intramolecular Hbond substituents is 1. The Morgan fingerprint density at radius 2 is 1.83 bits per heavy atom. The zero-order valence-corrected chi connectivity index (χ0v) is 22.6. The number of cyclic esters (lactones) is 1. The molecule has 8 heteroatoms. The molecule has 41 heavy (non-hydrogen) atoms. The number of phenols is 1. The molecule has 0 saturated carbocycles. The molecule has 1 amide bonds. The number of rotatable bonds is 8. The van der Waals surface area contributed by atoms with Crippen molar-refractivity contribution < 1.29 is 35.8 Å². The van der Waals surface area contributed by atoms with E-state index in [4.69, 9.17) is 11.6 Å². The summed E-state index contributed by atoms with van der Waals surface area (Å²) in [5.74, 6) is -2.38. The molecule has 3 N–H and O–H groups in total. The number of hydrogen-bond donors (Lipinski definition) is 3. The highest BCUT2D eigenvalue weighted by Crippen LogP contribution is 2.43. The molecule has 0 bridgehead atoms. The van der Waals surface area contributed by atoms with E-state index in [1.165, 1.54) is 36.4 Å². The molecule has 3 aromatic carbocycles. The van der Waals surface area contributed by atoms with Gasteiger partial charge in [-0.15, -0.1) is 0 Å². The van der Waals surface area contributed by atoms with E-state index < -0.39 is 60.1 Å². The van der Waals surface area contributed by atoms with Crippen LogP contribution in [0.15, 0.2) is 78.7 Å². The quantitative estimate of drug-likeness (QED) is 0.168. The Balaban J connectivity index is 1.85. The fourth-order valence-electron chi connectivity index (χ4n) is 5.30. The van der Waals surface area contributed by atoms with Crippen LogP contribution in [0, 0.1) is 5.82 Å². The van der Waals surface area contributed by atoms with E-state index in [0.717, 1.165) is 0 Å². The van der Waals surface area contributed by atoms with E-state index in [2.05, 4.69) is 5.32 Å². The van der Waals surface area contributed by atoms with Crippen molar-refractivity contribution >= 4 is 17.6 Å². The predicted molar refractivity (Wildman–Crippen MR) is 155 cm³/mol. The Labute approximate surface area is 245 Å². The SMILES string of the molecule is [2H]c1c([2H])c([2H])c(-c2c(C(=O)Nc3ccccc3O)c(C(C)C)n(CCC3CC(O)CC(=O)O3)c2-c2ccc(F)cc2)c([2H])c1[2H]. The summed E-state index contributed by atoms with van der Waals surface area (Å²) in [7, 11) is 0. The summed E-state index contributed by atoms with van der Waals surface area (Å²) in [6.07, 6.45) is -1.23. The Hall–Kier alpha value is -4.43. The van der Waals surface area contributed by atoms with Crippen molar-refractivity contribution in [2.75, 3.05) is 5.32 Å². The van der Waals surface area contributed by atoms with E-state index in [9.17, 15) is 24.2 Å².